The second kappa shape index (κ2) is 11.8. The van der Waals surface area contributed by atoms with Gasteiger partial charge in [-0.3, -0.25) is 0 Å². The molecule has 1 heterocycles. The van der Waals surface area contributed by atoms with Crippen LogP contribution in [-0.2, 0) is 23.8 Å². The third kappa shape index (κ3) is 6.27. The monoisotopic (exact) mass is 466 g/mol. The van der Waals surface area contributed by atoms with Crippen molar-refractivity contribution < 1.29 is 23.8 Å². The molecule has 1 fully saturated rings. The minimum atomic E-state index is -0.715. The summed E-state index contributed by atoms with van der Waals surface area (Å²) < 4.78 is 17.0. The fourth-order valence-electron chi connectivity index (χ4n) is 4.59. The first-order chi connectivity index (χ1) is 16.3. The molecule has 0 amide bonds. The number of hydrogen-bond donors (Lipinski definition) is 1. The third-order valence-electron chi connectivity index (χ3n) is 6.11. The van der Waals surface area contributed by atoms with Gasteiger partial charge in [-0.25, -0.2) is 9.59 Å². The predicted molar refractivity (Wildman–Crippen MR) is 127 cm³/mol. The molecule has 1 atom stereocenters. The third-order valence-corrected chi connectivity index (χ3v) is 6.11. The first-order valence-electron chi connectivity index (χ1n) is 12.0. The van der Waals surface area contributed by atoms with Crippen molar-refractivity contribution in [2.75, 3.05) is 13.2 Å². The predicted octanol–water partition coefficient (Wildman–Crippen LogP) is 4.64. The number of hydrogen-bond acceptors (Lipinski definition) is 7. The number of nitrogens with one attached hydrogen (secondary N) is 1. The first kappa shape index (κ1) is 25.5. The molecule has 0 spiro atoms. The summed E-state index contributed by atoms with van der Waals surface area (Å²) in [7, 11) is 0. The number of benzene rings is 1. The van der Waals surface area contributed by atoms with E-state index in [0.717, 1.165) is 12.8 Å². The van der Waals surface area contributed by atoms with Crippen LogP contribution < -0.4 is 5.32 Å². The van der Waals surface area contributed by atoms with Crippen molar-refractivity contribution in [3.05, 3.63) is 57.9 Å². The summed E-state index contributed by atoms with van der Waals surface area (Å²) in [5.74, 6) is -1.75. The zero-order valence-electron chi connectivity index (χ0n) is 20.5. The Morgan fingerprint density at radius 2 is 1.74 bits per heavy atom. The molecule has 1 N–H and O–H groups in total. The quantitative estimate of drug-likeness (QED) is 0.440. The molecule has 0 aromatic heterocycles. The summed E-state index contributed by atoms with van der Waals surface area (Å²) in [6.45, 7) is 7.58. The number of carbonyl (C=O) groups excluding carboxylic acids is 2. The number of allylic oxidation sites excluding steroid dienone is 2. The van der Waals surface area contributed by atoms with Crippen LogP contribution in [0, 0.1) is 11.3 Å². The molecular formula is C27H34N2O5. The molecule has 1 aliphatic heterocycles. The van der Waals surface area contributed by atoms with Crippen LogP contribution in [0.5, 0.6) is 0 Å². The van der Waals surface area contributed by atoms with Gasteiger partial charge in [0.2, 0.25) is 0 Å². The second-order valence-electron chi connectivity index (χ2n) is 9.09. The Hall–Kier alpha value is -3.11. The van der Waals surface area contributed by atoms with E-state index >= 15 is 0 Å². The molecular weight excluding hydrogens is 432 g/mol. The second-order valence-corrected chi connectivity index (χ2v) is 9.09. The van der Waals surface area contributed by atoms with E-state index in [9.17, 15) is 14.9 Å². The van der Waals surface area contributed by atoms with Crippen LogP contribution in [0.2, 0.25) is 0 Å². The van der Waals surface area contributed by atoms with Gasteiger partial charge in [-0.15, -0.1) is 0 Å². The van der Waals surface area contributed by atoms with E-state index in [-0.39, 0.29) is 18.8 Å². The molecule has 34 heavy (non-hydrogen) atoms. The molecule has 0 radical (unpaired) electrons. The minimum absolute atomic E-state index is 0.130. The van der Waals surface area contributed by atoms with Crippen LogP contribution in [0.3, 0.4) is 0 Å². The molecule has 3 rings (SSSR count). The Bertz CT molecular complexity index is 1010. The molecule has 1 aromatic carbocycles. The van der Waals surface area contributed by atoms with Crippen molar-refractivity contribution in [3.8, 4) is 6.07 Å². The van der Waals surface area contributed by atoms with E-state index in [1.807, 2.05) is 0 Å². The van der Waals surface area contributed by atoms with Gasteiger partial charge in [0.1, 0.15) is 6.61 Å². The highest BCUT2D eigenvalue weighted by Crippen LogP contribution is 2.39. The molecule has 1 aliphatic carbocycles. The average Bonchev–Trinajstić information content (AvgIpc) is 2.81. The summed E-state index contributed by atoms with van der Waals surface area (Å²) in [4.78, 5) is 26.4. The lowest BCUT2D eigenvalue weighted by Crippen LogP contribution is -2.33. The highest BCUT2D eigenvalue weighted by Gasteiger charge is 2.38. The highest BCUT2D eigenvalue weighted by atomic mass is 16.6. The van der Waals surface area contributed by atoms with Crippen molar-refractivity contribution in [1.82, 2.24) is 5.32 Å². The van der Waals surface area contributed by atoms with E-state index in [2.05, 4.69) is 11.4 Å². The Morgan fingerprint density at radius 3 is 2.38 bits per heavy atom. The Morgan fingerprint density at radius 1 is 1.06 bits per heavy atom. The molecule has 0 saturated heterocycles. The van der Waals surface area contributed by atoms with Gasteiger partial charge in [-0.2, -0.15) is 5.26 Å². The van der Waals surface area contributed by atoms with Crippen molar-refractivity contribution in [3.63, 3.8) is 0 Å². The molecule has 7 heteroatoms. The lowest BCUT2D eigenvalue weighted by Gasteiger charge is -2.31. The van der Waals surface area contributed by atoms with Gasteiger partial charge in [0, 0.05) is 11.4 Å². The van der Waals surface area contributed by atoms with Crippen LogP contribution >= 0.6 is 0 Å². The van der Waals surface area contributed by atoms with Gasteiger partial charge in [0.15, 0.2) is 0 Å². The SMILES string of the molecule is CC1=C(C(=O)OCCOC2CCCCC2)C(c2cccc(C#N)c2)C(C(=O)OC(C)C)=C(C)N1. The number of dihydropyridines is 1. The van der Waals surface area contributed by atoms with Gasteiger partial charge in [0.05, 0.1) is 47.5 Å². The van der Waals surface area contributed by atoms with Gasteiger partial charge in [0.25, 0.3) is 0 Å². The molecule has 2 aliphatic rings. The van der Waals surface area contributed by atoms with Crippen LogP contribution in [0.1, 0.15) is 76.8 Å². The Balaban J connectivity index is 1.85. The van der Waals surface area contributed by atoms with Crippen molar-refractivity contribution in [2.45, 2.75) is 77.9 Å². The molecule has 182 valence electrons. The molecule has 0 bridgehead atoms. The number of ether oxygens (including phenoxy) is 3. The average molecular weight is 467 g/mol. The van der Waals surface area contributed by atoms with Gasteiger partial charge in [-0.05, 0) is 58.2 Å². The van der Waals surface area contributed by atoms with E-state index in [1.165, 1.54) is 19.3 Å². The zero-order chi connectivity index (χ0) is 24.7. The van der Waals surface area contributed by atoms with Gasteiger partial charge >= 0.3 is 11.9 Å². The van der Waals surface area contributed by atoms with E-state index in [0.29, 0.717) is 40.3 Å². The fourth-order valence-corrected chi connectivity index (χ4v) is 4.59. The maximum Gasteiger partial charge on any atom is 0.337 e. The Kier molecular flexibility index (Phi) is 8.89. The van der Waals surface area contributed by atoms with Crippen LogP contribution in [-0.4, -0.2) is 37.4 Å². The summed E-state index contributed by atoms with van der Waals surface area (Å²) in [6, 6.07) is 9.05. The number of nitriles is 1. The zero-order valence-corrected chi connectivity index (χ0v) is 20.5. The molecule has 1 aromatic rings. The normalized spacial score (nSPS) is 19.0. The van der Waals surface area contributed by atoms with Crippen molar-refractivity contribution >= 4 is 11.9 Å². The summed E-state index contributed by atoms with van der Waals surface area (Å²) in [6.07, 6.45) is 5.60. The molecule has 1 unspecified atom stereocenters. The maximum atomic E-state index is 13.3. The van der Waals surface area contributed by atoms with E-state index < -0.39 is 17.9 Å². The van der Waals surface area contributed by atoms with E-state index in [4.69, 9.17) is 14.2 Å². The molecule has 1 saturated carbocycles. The lowest BCUT2D eigenvalue weighted by atomic mass is 9.80. The molecule has 7 nitrogen and oxygen atoms in total. The standard InChI is InChI=1S/C27H34N2O5/c1-17(2)34-27(31)24-19(4)29-18(3)23(25(24)21-10-8-9-20(15-21)16-28)26(30)33-14-13-32-22-11-6-5-7-12-22/h8-10,15,17,22,25,29H,5-7,11-14H2,1-4H3. The number of nitrogens with zero attached hydrogens (tertiary/aromatic N) is 1. The van der Waals surface area contributed by atoms with Crippen molar-refractivity contribution in [2.24, 2.45) is 0 Å². The lowest BCUT2D eigenvalue weighted by molar-refractivity contribution is -0.143. The number of carbonyl (C=O) groups is 2. The first-order valence-corrected chi connectivity index (χ1v) is 12.0. The Labute approximate surface area is 201 Å². The maximum absolute atomic E-state index is 13.3. The highest BCUT2D eigenvalue weighted by molar-refractivity contribution is 6.00. The fraction of sp³-hybridized carbons (Fsp3) is 0.519. The summed E-state index contributed by atoms with van der Waals surface area (Å²) in [5, 5.41) is 12.5. The van der Waals surface area contributed by atoms with Gasteiger partial charge < -0.3 is 19.5 Å². The minimum Gasteiger partial charge on any atom is -0.460 e. The number of rotatable bonds is 8. The summed E-state index contributed by atoms with van der Waals surface area (Å²) in [5.41, 5.74) is 2.96. The van der Waals surface area contributed by atoms with Crippen LogP contribution in [0.15, 0.2) is 46.8 Å². The van der Waals surface area contributed by atoms with Crippen LogP contribution in [0.4, 0.5) is 0 Å². The van der Waals surface area contributed by atoms with Gasteiger partial charge in [-0.1, -0.05) is 31.4 Å². The van der Waals surface area contributed by atoms with Crippen molar-refractivity contribution in [1.29, 1.82) is 5.26 Å². The van der Waals surface area contributed by atoms with Crippen LogP contribution in [0.25, 0.3) is 0 Å². The number of esters is 2. The summed E-state index contributed by atoms with van der Waals surface area (Å²) >= 11 is 0. The smallest absolute Gasteiger partial charge is 0.337 e. The van der Waals surface area contributed by atoms with E-state index in [1.54, 1.807) is 52.0 Å². The topological polar surface area (TPSA) is 97.7 Å². The largest absolute Gasteiger partial charge is 0.460 e.